The summed E-state index contributed by atoms with van der Waals surface area (Å²) in [4.78, 5) is 11.2. The minimum absolute atomic E-state index is 0.189. The van der Waals surface area contributed by atoms with E-state index in [0.717, 1.165) is 0 Å². The first-order valence-corrected chi connectivity index (χ1v) is 7.62. The number of aromatic nitrogens is 3. The van der Waals surface area contributed by atoms with Crippen molar-refractivity contribution in [1.29, 1.82) is 0 Å². The monoisotopic (exact) mass is 295 g/mol. The summed E-state index contributed by atoms with van der Waals surface area (Å²) >= 11 is 0. The van der Waals surface area contributed by atoms with E-state index in [1.807, 2.05) is 6.92 Å². The lowest BCUT2D eigenvalue weighted by atomic mass is 10.4. The molecule has 2 aromatic rings. The Morgan fingerprint density at radius 2 is 2.15 bits per heavy atom. The van der Waals surface area contributed by atoms with E-state index < -0.39 is 10.0 Å². The van der Waals surface area contributed by atoms with Gasteiger partial charge in [0.05, 0.1) is 11.4 Å². The Hall–Kier alpha value is -1.93. The summed E-state index contributed by atoms with van der Waals surface area (Å²) in [5.74, 6) is 1.14. The quantitative estimate of drug-likeness (QED) is 0.831. The summed E-state index contributed by atoms with van der Waals surface area (Å²) in [6, 6.07) is 3.01. The van der Waals surface area contributed by atoms with Crippen LogP contribution < -0.4 is 5.32 Å². The predicted molar refractivity (Wildman–Crippen MR) is 75.6 cm³/mol. The summed E-state index contributed by atoms with van der Waals surface area (Å²) < 4.78 is 26.1. The van der Waals surface area contributed by atoms with Crippen molar-refractivity contribution in [1.82, 2.24) is 19.3 Å². The average Bonchev–Trinajstić information content (AvgIpc) is 2.92. The highest BCUT2D eigenvalue weighted by Crippen LogP contribution is 2.17. The molecule has 0 aliphatic rings. The Bertz CT molecular complexity index is 654. The van der Waals surface area contributed by atoms with E-state index in [1.165, 1.54) is 29.7 Å². The van der Waals surface area contributed by atoms with Crippen LogP contribution in [0.5, 0.6) is 0 Å². The third-order valence-electron chi connectivity index (χ3n) is 2.72. The summed E-state index contributed by atoms with van der Waals surface area (Å²) in [6.45, 7) is 2.79. The van der Waals surface area contributed by atoms with Gasteiger partial charge in [-0.05, 0) is 13.0 Å². The highest BCUT2D eigenvalue weighted by molar-refractivity contribution is 7.89. The van der Waals surface area contributed by atoms with Crippen molar-refractivity contribution in [3.05, 3.63) is 36.5 Å². The molecule has 2 N–H and O–H groups in total. The predicted octanol–water partition coefficient (Wildman–Crippen LogP) is 1.06. The fourth-order valence-corrected chi connectivity index (χ4v) is 2.86. The Balaban J connectivity index is 2.22. The number of aromatic amines is 1. The van der Waals surface area contributed by atoms with Gasteiger partial charge in [0.1, 0.15) is 11.6 Å². The molecule has 0 saturated carbocycles. The van der Waals surface area contributed by atoms with E-state index in [1.54, 1.807) is 12.4 Å². The molecule has 2 heterocycles. The summed E-state index contributed by atoms with van der Waals surface area (Å²) in [5.41, 5.74) is 0. The van der Waals surface area contributed by atoms with Gasteiger partial charge >= 0.3 is 0 Å². The van der Waals surface area contributed by atoms with Crippen LogP contribution in [0.2, 0.25) is 0 Å². The number of rotatable bonds is 6. The lowest BCUT2D eigenvalue weighted by Crippen LogP contribution is -2.27. The van der Waals surface area contributed by atoms with E-state index in [2.05, 4.69) is 20.3 Å². The second kappa shape index (κ2) is 6.02. The van der Waals surface area contributed by atoms with Crippen LogP contribution in [0.25, 0.3) is 0 Å². The SMILES string of the molecule is CCNc1cc(S(=O)(=O)N(C)Cc2ncc[nH]2)ccn1. The molecule has 20 heavy (non-hydrogen) atoms. The zero-order chi connectivity index (χ0) is 14.6. The van der Waals surface area contributed by atoms with E-state index >= 15 is 0 Å². The van der Waals surface area contributed by atoms with Gasteiger partial charge in [0.15, 0.2) is 0 Å². The number of imidazole rings is 1. The number of pyridine rings is 1. The Kier molecular flexibility index (Phi) is 4.35. The fourth-order valence-electron chi connectivity index (χ4n) is 1.71. The van der Waals surface area contributed by atoms with Crippen molar-refractivity contribution in [2.45, 2.75) is 18.4 Å². The van der Waals surface area contributed by atoms with Crippen molar-refractivity contribution in [3.63, 3.8) is 0 Å². The highest BCUT2D eigenvalue weighted by atomic mass is 32.2. The van der Waals surface area contributed by atoms with E-state index in [-0.39, 0.29) is 11.4 Å². The molecule has 0 bridgehead atoms. The first kappa shape index (κ1) is 14.5. The summed E-state index contributed by atoms with van der Waals surface area (Å²) in [7, 11) is -2.04. The minimum atomic E-state index is -3.56. The van der Waals surface area contributed by atoms with Crippen molar-refractivity contribution < 1.29 is 8.42 Å². The number of hydrogen-bond donors (Lipinski definition) is 2. The molecule has 0 radical (unpaired) electrons. The largest absolute Gasteiger partial charge is 0.370 e. The maximum absolute atomic E-state index is 12.4. The Morgan fingerprint density at radius 1 is 1.35 bits per heavy atom. The Labute approximate surface area is 118 Å². The number of H-pyrrole nitrogens is 1. The molecule has 0 spiro atoms. The van der Waals surface area contributed by atoms with Crippen molar-refractivity contribution >= 4 is 15.8 Å². The molecule has 2 rings (SSSR count). The van der Waals surface area contributed by atoms with Crippen LogP contribution >= 0.6 is 0 Å². The van der Waals surface area contributed by atoms with Crippen LogP contribution in [0.4, 0.5) is 5.82 Å². The van der Waals surface area contributed by atoms with Gasteiger partial charge in [0, 0.05) is 38.2 Å². The molecule has 0 fully saturated rings. The zero-order valence-electron chi connectivity index (χ0n) is 11.4. The molecule has 108 valence electrons. The molecule has 8 heteroatoms. The molecule has 0 unspecified atom stereocenters. The number of hydrogen-bond acceptors (Lipinski definition) is 5. The minimum Gasteiger partial charge on any atom is -0.370 e. The molecule has 2 aromatic heterocycles. The maximum atomic E-state index is 12.4. The normalized spacial score (nSPS) is 11.8. The van der Waals surface area contributed by atoms with Crippen LogP contribution in [-0.2, 0) is 16.6 Å². The summed E-state index contributed by atoms with van der Waals surface area (Å²) in [6.07, 6.45) is 4.72. The molecule has 7 nitrogen and oxygen atoms in total. The summed E-state index contributed by atoms with van der Waals surface area (Å²) in [5, 5.41) is 2.99. The molecule has 0 aromatic carbocycles. The second-order valence-corrected chi connectivity index (χ2v) is 6.25. The van der Waals surface area contributed by atoms with Gasteiger partial charge in [-0.3, -0.25) is 0 Å². The molecule has 0 aliphatic carbocycles. The lowest BCUT2D eigenvalue weighted by Gasteiger charge is -2.16. The van der Waals surface area contributed by atoms with Crippen LogP contribution in [0.15, 0.2) is 35.6 Å². The molecule has 0 saturated heterocycles. The topological polar surface area (TPSA) is 91.0 Å². The zero-order valence-corrected chi connectivity index (χ0v) is 12.2. The standard InChI is InChI=1S/C12H17N5O2S/c1-3-13-11-8-10(4-5-14-11)20(18,19)17(2)9-12-15-6-7-16-12/h4-8H,3,9H2,1-2H3,(H,13,14)(H,15,16). The third-order valence-corrected chi connectivity index (χ3v) is 4.52. The van der Waals surface area contributed by atoms with E-state index in [4.69, 9.17) is 0 Å². The van der Waals surface area contributed by atoms with Gasteiger partial charge in [0.25, 0.3) is 0 Å². The first-order chi connectivity index (χ1) is 9.54. The lowest BCUT2D eigenvalue weighted by molar-refractivity contribution is 0.458. The van der Waals surface area contributed by atoms with Crippen molar-refractivity contribution in [2.75, 3.05) is 18.9 Å². The molecule has 0 atom stereocenters. The van der Waals surface area contributed by atoms with Gasteiger partial charge in [-0.2, -0.15) is 4.31 Å². The molecular formula is C12H17N5O2S. The van der Waals surface area contributed by atoms with Crippen molar-refractivity contribution in [3.8, 4) is 0 Å². The molecule has 0 aliphatic heterocycles. The van der Waals surface area contributed by atoms with Gasteiger partial charge in [-0.15, -0.1) is 0 Å². The number of sulfonamides is 1. The highest BCUT2D eigenvalue weighted by Gasteiger charge is 2.22. The first-order valence-electron chi connectivity index (χ1n) is 6.18. The van der Waals surface area contributed by atoms with Crippen LogP contribution in [0.3, 0.4) is 0 Å². The van der Waals surface area contributed by atoms with E-state index in [9.17, 15) is 8.42 Å². The van der Waals surface area contributed by atoms with Gasteiger partial charge < -0.3 is 10.3 Å². The van der Waals surface area contributed by atoms with Gasteiger partial charge in [-0.1, -0.05) is 0 Å². The van der Waals surface area contributed by atoms with E-state index in [0.29, 0.717) is 18.2 Å². The fraction of sp³-hybridized carbons (Fsp3) is 0.333. The van der Waals surface area contributed by atoms with Crippen LogP contribution in [-0.4, -0.2) is 41.3 Å². The van der Waals surface area contributed by atoms with Crippen molar-refractivity contribution in [2.24, 2.45) is 0 Å². The number of nitrogens with zero attached hydrogens (tertiary/aromatic N) is 3. The van der Waals surface area contributed by atoms with Gasteiger partial charge in [0.2, 0.25) is 10.0 Å². The molecule has 0 amide bonds. The third kappa shape index (κ3) is 3.14. The van der Waals surface area contributed by atoms with Gasteiger partial charge in [-0.25, -0.2) is 18.4 Å². The smallest absolute Gasteiger partial charge is 0.243 e. The molecular weight excluding hydrogens is 278 g/mol. The number of anilines is 1. The van der Waals surface area contributed by atoms with Crippen LogP contribution in [0, 0.1) is 0 Å². The average molecular weight is 295 g/mol. The maximum Gasteiger partial charge on any atom is 0.243 e. The number of nitrogens with one attached hydrogen (secondary N) is 2. The van der Waals surface area contributed by atoms with Crippen LogP contribution in [0.1, 0.15) is 12.7 Å². The second-order valence-electron chi connectivity index (χ2n) is 4.20. The Morgan fingerprint density at radius 3 is 2.80 bits per heavy atom.